The third kappa shape index (κ3) is 1.79. The van der Waals surface area contributed by atoms with Gasteiger partial charge in [-0.25, -0.2) is 0 Å². The van der Waals surface area contributed by atoms with Crippen molar-refractivity contribution in [2.45, 2.75) is 5.25 Å². The topological polar surface area (TPSA) is 22.1 Å². The highest BCUT2D eigenvalue weighted by molar-refractivity contribution is 7.99. The van der Waals surface area contributed by atoms with E-state index in [1.54, 1.807) is 0 Å². The quantitative estimate of drug-likeness (QED) is 0.660. The molecule has 0 aliphatic carbocycles. The van der Waals surface area contributed by atoms with Gasteiger partial charge in [-0.1, -0.05) is 0 Å². The lowest BCUT2D eigenvalue weighted by atomic mass is 10.2. The molecule has 0 saturated carbocycles. The van der Waals surface area contributed by atoms with Crippen LogP contribution in [0.4, 0.5) is 0 Å². The van der Waals surface area contributed by atoms with Gasteiger partial charge in [0.15, 0.2) is 0 Å². The molecule has 1 aliphatic heterocycles. The molecule has 1 aromatic rings. The zero-order valence-corrected chi connectivity index (χ0v) is 7.59. The van der Waals surface area contributed by atoms with E-state index in [0.29, 0.717) is 5.25 Å². The number of ether oxygens (including phenoxy) is 1. The molecule has 3 heteroatoms. The van der Waals surface area contributed by atoms with E-state index in [2.05, 4.69) is 17.1 Å². The lowest BCUT2D eigenvalue weighted by Gasteiger charge is -2.21. The molecular weight excluding hydrogens is 170 g/mol. The molecule has 2 nitrogen and oxygen atoms in total. The molecule has 0 amide bonds. The monoisotopic (exact) mass is 181 g/mol. The molecule has 2 heterocycles. The lowest BCUT2D eigenvalue weighted by Crippen LogP contribution is -2.14. The maximum absolute atomic E-state index is 5.40. The number of hydrogen-bond acceptors (Lipinski definition) is 3. The van der Waals surface area contributed by atoms with E-state index in [1.807, 2.05) is 24.2 Å². The van der Waals surface area contributed by atoms with Gasteiger partial charge in [0.05, 0.1) is 18.5 Å². The van der Waals surface area contributed by atoms with E-state index in [4.69, 9.17) is 4.74 Å². The summed E-state index contributed by atoms with van der Waals surface area (Å²) in [6.07, 6.45) is 3.68. The van der Waals surface area contributed by atoms with E-state index >= 15 is 0 Å². The molecular formula is C9H11NOS. The molecule has 0 radical (unpaired) electrons. The molecule has 1 aliphatic rings. The van der Waals surface area contributed by atoms with Gasteiger partial charge in [0, 0.05) is 18.1 Å². The van der Waals surface area contributed by atoms with Crippen molar-refractivity contribution in [2.24, 2.45) is 0 Å². The van der Waals surface area contributed by atoms with Crippen LogP contribution in [0.15, 0.2) is 24.5 Å². The van der Waals surface area contributed by atoms with Gasteiger partial charge in [0.1, 0.15) is 0 Å². The molecule has 0 N–H and O–H groups in total. The Morgan fingerprint density at radius 1 is 1.42 bits per heavy atom. The molecule has 12 heavy (non-hydrogen) atoms. The Kier molecular flexibility index (Phi) is 2.64. The smallest absolute Gasteiger partial charge is 0.0626 e. The minimum absolute atomic E-state index is 0.516. The number of nitrogens with zero attached hydrogens (tertiary/aromatic N) is 1. The van der Waals surface area contributed by atoms with Gasteiger partial charge in [0.2, 0.25) is 0 Å². The summed E-state index contributed by atoms with van der Waals surface area (Å²) in [4.78, 5) is 3.99. The van der Waals surface area contributed by atoms with Crippen LogP contribution in [0.1, 0.15) is 10.8 Å². The first kappa shape index (κ1) is 8.08. The average Bonchev–Trinajstić information content (AvgIpc) is 2.21. The second-order valence-electron chi connectivity index (χ2n) is 2.71. The Morgan fingerprint density at radius 2 is 2.25 bits per heavy atom. The van der Waals surface area contributed by atoms with E-state index in [1.165, 1.54) is 5.56 Å². The summed E-state index contributed by atoms with van der Waals surface area (Å²) in [7, 11) is 0. The summed E-state index contributed by atoms with van der Waals surface area (Å²) >= 11 is 1.96. The molecule has 1 aromatic heterocycles. The summed E-state index contributed by atoms with van der Waals surface area (Å²) < 4.78 is 5.40. The van der Waals surface area contributed by atoms with E-state index in [9.17, 15) is 0 Å². The highest BCUT2D eigenvalue weighted by atomic mass is 32.2. The van der Waals surface area contributed by atoms with Crippen molar-refractivity contribution in [1.29, 1.82) is 0 Å². The van der Waals surface area contributed by atoms with Gasteiger partial charge < -0.3 is 4.74 Å². The molecule has 1 saturated heterocycles. The van der Waals surface area contributed by atoms with Gasteiger partial charge in [-0.3, -0.25) is 4.98 Å². The Balaban J connectivity index is 2.08. The second-order valence-corrected chi connectivity index (χ2v) is 4.03. The molecule has 0 spiro atoms. The second kappa shape index (κ2) is 3.92. The SMILES string of the molecule is c1cc(C2COCCS2)ccn1. The van der Waals surface area contributed by atoms with Crippen molar-refractivity contribution in [2.75, 3.05) is 19.0 Å². The predicted molar refractivity (Wildman–Crippen MR) is 50.3 cm³/mol. The van der Waals surface area contributed by atoms with Crippen LogP contribution < -0.4 is 0 Å². The largest absolute Gasteiger partial charge is 0.379 e. The fourth-order valence-electron chi connectivity index (χ4n) is 1.26. The first-order valence-corrected chi connectivity index (χ1v) is 5.11. The van der Waals surface area contributed by atoms with Crippen LogP contribution in [0.25, 0.3) is 0 Å². The van der Waals surface area contributed by atoms with Crippen LogP contribution >= 0.6 is 11.8 Å². The Hall–Kier alpha value is -0.540. The first-order valence-electron chi connectivity index (χ1n) is 4.06. The van der Waals surface area contributed by atoms with Crippen LogP contribution in [0.2, 0.25) is 0 Å². The summed E-state index contributed by atoms with van der Waals surface area (Å²) in [5.74, 6) is 1.10. The summed E-state index contributed by atoms with van der Waals surface area (Å²) in [6.45, 7) is 1.74. The van der Waals surface area contributed by atoms with Crippen molar-refractivity contribution in [3.8, 4) is 0 Å². The normalized spacial score (nSPS) is 23.8. The third-order valence-electron chi connectivity index (χ3n) is 1.89. The minimum atomic E-state index is 0.516. The minimum Gasteiger partial charge on any atom is -0.379 e. The van der Waals surface area contributed by atoms with Crippen molar-refractivity contribution >= 4 is 11.8 Å². The third-order valence-corrected chi connectivity index (χ3v) is 3.11. The van der Waals surface area contributed by atoms with Gasteiger partial charge in [0.25, 0.3) is 0 Å². The van der Waals surface area contributed by atoms with Crippen LogP contribution in [0.5, 0.6) is 0 Å². The molecule has 1 atom stereocenters. The lowest BCUT2D eigenvalue weighted by molar-refractivity contribution is 0.143. The van der Waals surface area contributed by atoms with Gasteiger partial charge in [-0.15, -0.1) is 11.8 Å². The zero-order chi connectivity index (χ0) is 8.23. The Bertz CT molecular complexity index is 234. The van der Waals surface area contributed by atoms with Crippen LogP contribution in [-0.4, -0.2) is 24.0 Å². The molecule has 64 valence electrons. The number of rotatable bonds is 1. The van der Waals surface area contributed by atoms with Gasteiger partial charge in [-0.2, -0.15) is 0 Å². The molecule has 0 aromatic carbocycles. The highest BCUT2D eigenvalue weighted by Gasteiger charge is 2.15. The van der Waals surface area contributed by atoms with Crippen molar-refractivity contribution in [3.63, 3.8) is 0 Å². The highest BCUT2D eigenvalue weighted by Crippen LogP contribution is 2.31. The predicted octanol–water partition coefficient (Wildman–Crippen LogP) is 1.89. The number of thioether (sulfide) groups is 1. The average molecular weight is 181 g/mol. The molecule has 2 rings (SSSR count). The standard InChI is InChI=1S/C9H11NOS/c1-3-10-4-2-8(1)9-7-11-5-6-12-9/h1-4,9H,5-7H2. The summed E-state index contributed by atoms with van der Waals surface area (Å²) in [5, 5.41) is 0.516. The number of pyridine rings is 1. The molecule has 1 fully saturated rings. The Labute approximate surface area is 76.3 Å². The molecule has 0 bridgehead atoms. The Morgan fingerprint density at radius 3 is 2.92 bits per heavy atom. The fourth-order valence-corrected chi connectivity index (χ4v) is 2.30. The van der Waals surface area contributed by atoms with Crippen LogP contribution in [-0.2, 0) is 4.74 Å². The van der Waals surface area contributed by atoms with Gasteiger partial charge >= 0.3 is 0 Å². The van der Waals surface area contributed by atoms with E-state index < -0.39 is 0 Å². The van der Waals surface area contributed by atoms with Crippen molar-refractivity contribution in [1.82, 2.24) is 4.98 Å². The number of hydrogen-bond donors (Lipinski definition) is 0. The van der Waals surface area contributed by atoms with E-state index in [0.717, 1.165) is 19.0 Å². The summed E-state index contributed by atoms with van der Waals surface area (Å²) in [5.41, 5.74) is 1.33. The first-order chi connectivity index (χ1) is 5.97. The number of aromatic nitrogens is 1. The van der Waals surface area contributed by atoms with Crippen LogP contribution in [0.3, 0.4) is 0 Å². The summed E-state index contributed by atoms with van der Waals surface area (Å²) in [6, 6.07) is 4.12. The fraction of sp³-hybridized carbons (Fsp3) is 0.444. The van der Waals surface area contributed by atoms with Crippen molar-refractivity contribution < 1.29 is 4.74 Å². The molecule has 1 unspecified atom stereocenters. The maximum atomic E-state index is 5.40. The zero-order valence-electron chi connectivity index (χ0n) is 6.77. The van der Waals surface area contributed by atoms with E-state index in [-0.39, 0.29) is 0 Å². The van der Waals surface area contributed by atoms with Crippen LogP contribution in [0, 0.1) is 0 Å². The van der Waals surface area contributed by atoms with Crippen molar-refractivity contribution in [3.05, 3.63) is 30.1 Å². The van der Waals surface area contributed by atoms with Gasteiger partial charge in [-0.05, 0) is 17.7 Å². The maximum Gasteiger partial charge on any atom is 0.0626 e.